The van der Waals surface area contributed by atoms with Crippen LogP contribution in [0.3, 0.4) is 0 Å². The minimum atomic E-state index is -2.62. The summed E-state index contributed by atoms with van der Waals surface area (Å²) in [7, 11) is 1.44. The number of ether oxygens (including phenoxy) is 2. The lowest BCUT2D eigenvalue weighted by Crippen LogP contribution is -2.40. The SMILES string of the molecule is COc1cc(OCC2CC(F)(F)C2)c(F)cc1CNC(=O)[C@@H]1CCCN1. The number of carbonyl (C=O) groups excluding carboxylic acids is 1. The molecule has 1 atom stereocenters. The van der Waals surface area contributed by atoms with Gasteiger partial charge in [-0.05, 0) is 25.5 Å². The molecule has 0 unspecified atom stereocenters. The van der Waals surface area contributed by atoms with E-state index in [4.69, 9.17) is 9.47 Å². The van der Waals surface area contributed by atoms with E-state index in [0.29, 0.717) is 11.3 Å². The standard InChI is InChI=1S/C18H23F3N2O3/c1-25-15-6-16(26-10-11-7-18(20,21)8-11)13(19)5-12(15)9-23-17(24)14-3-2-4-22-14/h5-6,11,14,22H,2-4,7-10H2,1H3,(H,23,24)/t14-/m0/s1. The van der Waals surface area contributed by atoms with Crippen LogP contribution in [0.4, 0.5) is 13.2 Å². The number of alkyl halides is 2. The molecule has 1 aromatic carbocycles. The third-order valence-electron chi connectivity index (χ3n) is 4.81. The first kappa shape index (κ1) is 18.8. The molecule has 2 aliphatic rings. The van der Waals surface area contributed by atoms with Crippen LogP contribution >= 0.6 is 0 Å². The second kappa shape index (κ2) is 7.73. The van der Waals surface area contributed by atoms with Crippen LogP contribution in [-0.4, -0.2) is 38.1 Å². The van der Waals surface area contributed by atoms with Crippen LogP contribution in [0.2, 0.25) is 0 Å². The van der Waals surface area contributed by atoms with Gasteiger partial charge in [-0.25, -0.2) is 13.2 Å². The highest BCUT2D eigenvalue weighted by atomic mass is 19.3. The van der Waals surface area contributed by atoms with Crippen molar-refractivity contribution >= 4 is 5.91 Å². The van der Waals surface area contributed by atoms with Gasteiger partial charge < -0.3 is 20.1 Å². The van der Waals surface area contributed by atoms with Gasteiger partial charge in [-0.15, -0.1) is 0 Å². The van der Waals surface area contributed by atoms with Crippen LogP contribution in [0, 0.1) is 11.7 Å². The fourth-order valence-electron chi connectivity index (χ4n) is 3.34. The van der Waals surface area contributed by atoms with Gasteiger partial charge in [0.05, 0.1) is 19.8 Å². The molecule has 0 radical (unpaired) electrons. The van der Waals surface area contributed by atoms with Gasteiger partial charge >= 0.3 is 0 Å². The molecule has 1 aliphatic heterocycles. The molecule has 26 heavy (non-hydrogen) atoms. The minimum absolute atomic E-state index is 0.0374. The molecular weight excluding hydrogens is 349 g/mol. The van der Waals surface area contributed by atoms with Crippen LogP contribution in [-0.2, 0) is 11.3 Å². The zero-order valence-electron chi connectivity index (χ0n) is 14.6. The van der Waals surface area contributed by atoms with E-state index in [9.17, 15) is 18.0 Å². The Balaban J connectivity index is 1.58. The Hall–Kier alpha value is -1.96. The van der Waals surface area contributed by atoms with Crippen molar-refractivity contribution in [1.82, 2.24) is 10.6 Å². The van der Waals surface area contributed by atoms with Crippen LogP contribution in [0.1, 0.15) is 31.2 Å². The summed E-state index contributed by atoms with van der Waals surface area (Å²) < 4.78 is 50.5. The average Bonchev–Trinajstić information content (AvgIpc) is 3.11. The number of methoxy groups -OCH3 is 1. The Morgan fingerprint density at radius 2 is 2.12 bits per heavy atom. The van der Waals surface area contributed by atoms with E-state index in [-0.39, 0.29) is 49.6 Å². The molecule has 1 saturated heterocycles. The predicted octanol–water partition coefficient (Wildman–Crippen LogP) is 2.63. The van der Waals surface area contributed by atoms with Crippen molar-refractivity contribution in [3.8, 4) is 11.5 Å². The van der Waals surface area contributed by atoms with Gasteiger partial charge in [0.1, 0.15) is 5.75 Å². The van der Waals surface area contributed by atoms with Gasteiger partial charge in [-0.2, -0.15) is 0 Å². The average molecular weight is 372 g/mol. The Bertz CT molecular complexity index is 655. The third kappa shape index (κ3) is 4.41. The first-order valence-electron chi connectivity index (χ1n) is 8.76. The van der Waals surface area contributed by atoms with Crippen LogP contribution in [0.15, 0.2) is 12.1 Å². The van der Waals surface area contributed by atoms with E-state index in [2.05, 4.69) is 10.6 Å². The molecule has 1 saturated carbocycles. The zero-order valence-corrected chi connectivity index (χ0v) is 14.6. The summed E-state index contributed by atoms with van der Waals surface area (Å²) in [5, 5.41) is 5.86. The molecule has 1 heterocycles. The first-order valence-corrected chi connectivity index (χ1v) is 8.76. The van der Waals surface area contributed by atoms with Crippen molar-refractivity contribution in [2.75, 3.05) is 20.3 Å². The maximum absolute atomic E-state index is 14.3. The summed E-state index contributed by atoms with van der Waals surface area (Å²) in [4.78, 5) is 12.0. The number of amides is 1. The number of carbonyl (C=O) groups is 1. The van der Waals surface area contributed by atoms with Crippen LogP contribution in [0.5, 0.6) is 11.5 Å². The van der Waals surface area contributed by atoms with E-state index in [1.54, 1.807) is 0 Å². The molecule has 144 valence electrons. The molecule has 2 N–H and O–H groups in total. The number of hydrogen-bond acceptors (Lipinski definition) is 4. The first-order chi connectivity index (χ1) is 12.4. The fourth-order valence-corrected chi connectivity index (χ4v) is 3.34. The maximum Gasteiger partial charge on any atom is 0.248 e. The number of halogens is 3. The molecule has 2 fully saturated rings. The maximum atomic E-state index is 14.3. The smallest absolute Gasteiger partial charge is 0.248 e. The highest BCUT2D eigenvalue weighted by molar-refractivity contribution is 5.82. The molecule has 1 aliphatic carbocycles. The van der Waals surface area contributed by atoms with Gasteiger partial charge in [-0.3, -0.25) is 4.79 Å². The van der Waals surface area contributed by atoms with Crippen molar-refractivity contribution in [3.05, 3.63) is 23.5 Å². The summed E-state index contributed by atoms with van der Waals surface area (Å²) in [5.74, 6) is -3.30. The van der Waals surface area contributed by atoms with Crippen LogP contribution < -0.4 is 20.1 Å². The van der Waals surface area contributed by atoms with Gasteiger partial charge in [0.25, 0.3) is 0 Å². The Morgan fingerprint density at radius 3 is 2.73 bits per heavy atom. The summed E-state index contributed by atoms with van der Waals surface area (Å²) in [6.45, 7) is 0.986. The quantitative estimate of drug-likeness (QED) is 0.773. The van der Waals surface area contributed by atoms with Crippen molar-refractivity contribution in [2.24, 2.45) is 5.92 Å². The number of rotatable bonds is 7. The molecule has 0 bridgehead atoms. The monoisotopic (exact) mass is 372 g/mol. The van der Waals surface area contributed by atoms with Crippen molar-refractivity contribution in [3.63, 3.8) is 0 Å². The van der Waals surface area contributed by atoms with Crippen molar-refractivity contribution in [1.29, 1.82) is 0 Å². The normalized spacial score (nSPS) is 21.9. The largest absolute Gasteiger partial charge is 0.496 e. The van der Waals surface area contributed by atoms with E-state index < -0.39 is 11.7 Å². The summed E-state index contributed by atoms with van der Waals surface area (Å²) in [6.07, 6.45) is 1.27. The second-order valence-electron chi connectivity index (χ2n) is 6.90. The Kier molecular flexibility index (Phi) is 5.60. The fraction of sp³-hybridized carbons (Fsp3) is 0.611. The van der Waals surface area contributed by atoms with Gasteiger partial charge in [0.2, 0.25) is 11.8 Å². The highest BCUT2D eigenvalue weighted by Crippen LogP contribution is 2.42. The van der Waals surface area contributed by atoms with E-state index in [1.165, 1.54) is 19.2 Å². The highest BCUT2D eigenvalue weighted by Gasteiger charge is 2.45. The minimum Gasteiger partial charge on any atom is -0.496 e. The van der Waals surface area contributed by atoms with Gasteiger partial charge in [0, 0.05) is 36.9 Å². The molecule has 8 heteroatoms. The summed E-state index contributed by atoms with van der Waals surface area (Å²) in [6, 6.07) is 2.42. The van der Waals surface area contributed by atoms with Crippen molar-refractivity contribution in [2.45, 2.75) is 44.2 Å². The molecular formula is C18H23F3N2O3. The van der Waals surface area contributed by atoms with Crippen molar-refractivity contribution < 1.29 is 27.4 Å². The van der Waals surface area contributed by atoms with E-state index >= 15 is 0 Å². The molecule has 5 nitrogen and oxygen atoms in total. The van der Waals surface area contributed by atoms with Crippen LogP contribution in [0.25, 0.3) is 0 Å². The lowest BCUT2D eigenvalue weighted by atomic mass is 9.82. The number of hydrogen-bond donors (Lipinski definition) is 2. The molecule has 1 aromatic rings. The lowest BCUT2D eigenvalue weighted by molar-refractivity contribution is -0.123. The Labute approximate surface area is 150 Å². The van der Waals surface area contributed by atoms with Gasteiger partial charge in [-0.1, -0.05) is 0 Å². The molecule has 0 aromatic heterocycles. The summed E-state index contributed by atoms with van der Waals surface area (Å²) in [5.41, 5.74) is 0.485. The lowest BCUT2D eigenvalue weighted by Gasteiger charge is -2.34. The Morgan fingerprint density at radius 1 is 1.35 bits per heavy atom. The number of benzene rings is 1. The molecule has 3 rings (SSSR count). The van der Waals surface area contributed by atoms with Gasteiger partial charge in [0.15, 0.2) is 11.6 Å². The second-order valence-corrected chi connectivity index (χ2v) is 6.90. The predicted molar refractivity (Wildman–Crippen MR) is 89.0 cm³/mol. The topological polar surface area (TPSA) is 59.6 Å². The molecule has 0 spiro atoms. The zero-order chi connectivity index (χ0) is 18.7. The van der Waals surface area contributed by atoms with E-state index in [0.717, 1.165) is 19.4 Å². The third-order valence-corrected chi connectivity index (χ3v) is 4.81. The number of nitrogens with one attached hydrogen (secondary N) is 2. The molecule has 1 amide bonds. The summed E-state index contributed by atoms with van der Waals surface area (Å²) >= 11 is 0. The van der Waals surface area contributed by atoms with E-state index in [1.807, 2.05) is 0 Å².